The molecule has 220 valence electrons. The van der Waals surface area contributed by atoms with Crippen molar-refractivity contribution in [3.05, 3.63) is 135 Å². The fraction of sp³-hybridized carbons (Fsp3) is 0.237. The second-order valence-corrected chi connectivity index (χ2v) is 12.9. The summed E-state index contributed by atoms with van der Waals surface area (Å²) < 4.78 is 0.858. The van der Waals surface area contributed by atoms with Crippen LogP contribution in [0.3, 0.4) is 0 Å². The number of amides is 1. The van der Waals surface area contributed by atoms with Crippen LogP contribution in [-0.2, 0) is 16.6 Å². The van der Waals surface area contributed by atoms with E-state index in [1.165, 1.54) is 5.56 Å². The molecule has 44 heavy (non-hydrogen) atoms. The fourth-order valence-electron chi connectivity index (χ4n) is 7.50. The van der Waals surface area contributed by atoms with E-state index in [9.17, 15) is 9.59 Å². The van der Waals surface area contributed by atoms with Gasteiger partial charge in [-0.1, -0.05) is 121 Å². The Labute approximate surface area is 266 Å². The molecule has 3 aliphatic heterocycles. The number of hydrogen-bond acceptors (Lipinski definition) is 4. The molecule has 0 saturated carbocycles. The monoisotopic (exact) mass is 644 g/mol. The van der Waals surface area contributed by atoms with Gasteiger partial charge in [-0.2, -0.15) is 0 Å². The number of hydrogen-bond donors (Lipinski definition) is 1. The number of aryl methyl sites for hydroxylation is 1. The van der Waals surface area contributed by atoms with E-state index in [4.69, 9.17) is 0 Å². The highest BCUT2D eigenvalue weighted by Crippen LogP contribution is 2.58. The van der Waals surface area contributed by atoms with Gasteiger partial charge in [0.05, 0.1) is 12.0 Å². The van der Waals surface area contributed by atoms with Gasteiger partial charge in [0, 0.05) is 27.0 Å². The average molecular weight is 646 g/mol. The third kappa shape index (κ3) is 4.38. The van der Waals surface area contributed by atoms with E-state index < -0.39 is 23.4 Å². The predicted octanol–water partition coefficient (Wildman–Crippen LogP) is 8.04. The number of nitrogens with zero attached hydrogens (tertiary/aromatic N) is 1. The maximum atomic E-state index is 15.0. The fourth-order valence-corrected chi connectivity index (χ4v) is 7.76. The van der Waals surface area contributed by atoms with Crippen molar-refractivity contribution in [2.75, 3.05) is 10.2 Å². The summed E-state index contributed by atoms with van der Waals surface area (Å²) in [6.07, 6.45) is 8.38. The summed E-state index contributed by atoms with van der Waals surface area (Å²) in [7, 11) is 0. The van der Waals surface area contributed by atoms with Crippen LogP contribution >= 0.6 is 15.9 Å². The number of anilines is 2. The lowest BCUT2D eigenvalue weighted by atomic mass is 9.64. The van der Waals surface area contributed by atoms with Crippen LogP contribution < -0.4 is 10.2 Å². The number of para-hydroxylation sites is 2. The highest BCUT2D eigenvalue weighted by molar-refractivity contribution is 9.10. The number of carbonyl (C=O) groups is 3. The summed E-state index contributed by atoms with van der Waals surface area (Å²) in [6.45, 7) is 2.18. The van der Waals surface area contributed by atoms with Crippen LogP contribution in [0.4, 0.5) is 11.4 Å². The molecule has 4 aromatic rings. The Kier molecular flexibility index (Phi) is 7.33. The van der Waals surface area contributed by atoms with Crippen molar-refractivity contribution in [2.24, 2.45) is 5.92 Å². The Balaban J connectivity index is 1.44. The minimum absolute atomic E-state index is 0.184. The van der Waals surface area contributed by atoms with Gasteiger partial charge in [-0.25, -0.2) is 0 Å². The number of Topliss-reactive ketones (excluding diaryl/α,β-unsaturated/α-hetero) is 2. The Morgan fingerprint density at radius 2 is 1.52 bits per heavy atom. The Morgan fingerprint density at radius 3 is 2.30 bits per heavy atom. The third-order valence-electron chi connectivity index (χ3n) is 9.53. The first kappa shape index (κ1) is 28.5. The Hall–Kier alpha value is -4.29. The molecule has 1 saturated heterocycles. The number of rotatable bonds is 8. The molecular weight excluding hydrogens is 612 g/mol. The van der Waals surface area contributed by atoms with Crippen LogP contribution in [-0.4, -0.2) is 29.6 Å². The third-order valence-corrected chi connectivity index (χ3v) is 10.1. The number of halogens is 1. The van der Waals surface area contributed by atoms with Crippen molar-refractivity contribution in [2.45, 2.75) is 50.1 Å². The van der Waals surface area contributed by atoms with Gasteiger partial charge in [-0.3, -0.25) is 14.4 Å². The van der Waals surface area contributed by atoms with Crippen molar-refractivity contribution < 1.29 is 14.4 Å². The highest BCUT2D eigenvalue weighted by Gasteiger charge is 2.70. The smallest absolute Gasteiger partial charge is 0.238 e. The van der Waals surface area contributed by atoms with E-state index in [0.29, 0.717) is 16.8 Å². The standard InChI is InChI=1S/C38H33BrN2O3/c1-2-3-4-9-24-14-16-26(17-15-24)35(42)33-34(36(43)27-18-21-28(39)22-19-27)41-31-13-8-5-10-25(31)20-23-32(41)38(33)29-11-6-7-12-30(29)40-37(38)44/h5-8,10-23,32-34H,2-4,9H2,1H3,(H,40,44)/t32-,33+,34+,38+/m1/s1. The van der Waals surface area contributed by atoms with Gasteiger partial charge < -0.3 is 10.2 Å². The zero-order valence-corrected chi connectivity index (χ0v) is 26.1. The first-order chi connectivity index (χ1) is 21.4. The average Bonchev–Trinajstić information content (AvgIpc) is 3.53. The summed E-state index contributed by atoms with van der Waals surface area (Å²) in [5, 5.41) is 3.10. The lowest BCUT2D eigenvalue weighted by Gasteiger charge is -2.37. The molecule has 7 rings (SSSR count). The quantitative estimate of drug-likeness (QED) is 0.156. The second-order valence-electron chi connectivity index (χ2n) is 12.0. The summed E-state index contributed by atoms with van der Waals surface area (Å²) in [5.74, 6) is -1.61. The van der Waals surface area contributed by atoms with Crippen LogP contribution in [0.15, 0.2) is 108 Å². The van der Waals surface area contributed by atoms with Crippen LogP contribution in [0.2, 0.25) is 0 Å². The van der Waals surface area contributed by atoms with Crippen LogP contribution in [0.5, 0.6) is 0 Å². The molecule has 1 N–H and O–H groups in total. The van der Waals surface area contributed by atoms with Gasteiger partial charge in [-0.15, -0.1) is 0 Å². The number of fused-ring (bicyclic) bond motifs is 6. The lowest BCUT2D eigenvalue weighted by molar-refractivity contribution is -0.121. The molecule has 4 atom stereocenters. The summed E-state index contributed by atoms with van der Waals surface area (Å²) in [6, 6.07) is 29.1. The highest BCUT2D eigenvalue weighted by atomic mass is 79.9. The van der Waals surface area contributed by atoms with E-state index in [2.05, 4.69) is 28.2 Å². The van der Waals surface area contributed by atoms with E-state index in [1.54, 1.807) is 12.1 Å². The second kappa shape index (κ2) is 11.3. The molecule has 1 fully saturated rings. The van der Waals surface area contributed by atoms with Crippen molar-refractivity contribution in [3.63, 3.8) is 0 Å². The van der Waals surface area contributed by atoms with Gasteiger partial charge in [0.25, 0.3) is 0 Å². The van der Waals surface area contributed by atoms with E-state index in [-0.39, 0.29) is 17.5 Å². The SMILES string of the molecule is CCCCCc1ccc(C(=O)[C@@H]2[C@@H](C(=O)c3ccc(Br)cc3)N3c4ccccc4C=C[C@@H]3[C@]23C(=O)Nc2ccccc23)cc1. The summed E-state index contributed by atoms with van der Waals surface area (Å²) in [4.78, 5) is 46.3. The van der Waals surface area contributed by atoms with Gasteiger partial charge in [0.1, 0.15) is 11.5 Å². The van der Waals surface area contributed by atoms with Gasteiger partial charge in [0.15, 0.2) is 11.6 Å². The van der Waals surface area contributed by atoms with Crippen molar-refractivity contribution in [1.82, 2.24) is 0 Å². The van der Waals surface area contributed by atoms with Crippen molar-refractivity contribution in [3.8, 4) is 0 Å². The van der Waals surface area contributed by atoms with Crippen molar-refractivity contribution >= 4 is 50.9 Å². The minimum atomic E-state index is -1.31. The largest absolute Gasteiger partial charge is 0.352 e. The molecule has 0 aliphatic carbocycles. The van der Waals surface area contributed by atoms with Gasteiger partial charge in [0.2, 0.25) is 5.91 Å². The first-order valence-corrected chi connectivity index (χ1v) is 16.1. The zero-order valence-electron chi connectivity index (χ0n) is 24.5. The topological polar surface area (TPSA) is 66.5 Å². The van der Waals surface area contributed by atoms with E-state index in [1.807, 2.05) is 102 Å². The number of carbonyl (C=O) groups excluding carboxylic acids is 3. The molecule has 6 heteroatoms. The van der Waals surface area contributed by atoms with E-state index in [0.717, 1.165) is 47.0 Å². The molecule has 1 spiro atoms. The number of unbranched alkanes of at least 4 members (excludes halogenated alkanes) is 2. The molecule has 3 heterocycles. The summed E-state index contributed by atoms with van der Waals surface area (Å²) in [5.41, 5.74) is 4.10. The Morgan fingerprint density at radius 1 is 0.841 bits per heavy atom. The van der Waals surface area contributed by atoms with Crippen molar-refractivity contribution in [1.29, 1.82) is 0 Å². The minimum Gasteiger partial charge on any atom is -0.352 e. The number of ketones is 2. The molecule has 0 bridgehead atoms. The number of benzene rings is 4. The van der Waals surface area contributed by atoms with Crippen LogP contribution in [0, 0.1) is 5.92 Å². The molecule has 3 aliphatic rings. The Bertz CT molecular complexity index is 1800. The van der Waals surface area contributed by atoms with Crippen LogP contribution in [0.1, 0.15) is 63.6 Å². The van der Waals surface area contributed by atoms with Gasteiger partial charge >= 0.3 is 0 Å². The molecular formula is C38H33BrN2O3. The molecule has 1 amide bonds. The summed E-state index contributed by atoms with van der Waals surface area (Å²) >= 11 is 3.48. The molecule has 0 aromatic heterocycles. The van der Waals surface area contributed by atoms with Gasteiger partial charge in [-0.05, 0) is 53.8 Å². The maximum absolute atomic E-state index is 15.0. The molecule has 4 aromatic carbocycles. The lowest BCUT2D eigenvalue weighted by Crippen LogP contribution is -2.51. The molecule has 0 radical (unpaired) electrons. The zero-order chi connectivity index (χ0) is 30.4. The number of nitrogens with one attached hydrogen (secondary N) is 1. The van der Waals surface area contributed by atoms with Crippen LogP contribution in [0.25, 0.3) is 6.08 Å². The molecule has 0 unspecified atom stereocenters. The normalized spacial score (nSPS) is 22.8. The molecule has 5 nitrogen and oxygen atoms in total. The first-order valence-electron chi connectivity index (χ1n) is 15.3. The maximum Gasteiger partial charge on any atom is 0.238 e. The van der Waals surface area contributed by atoms with E-state index >= 15 is 4.79 Å². The predicted molar refractivity (Wildman–Crippen MR) is 178 cm³/mol.